The van der Waals surface area contributed by atoms with Crippen LogP contribution in [-0.4, -0.2) is 4.98 Å². The van der Waals surface area contributed by atoms with Crippen molar-refractivity contribution in [3.8, 4) is 0 Å². The first-order valence-corrected chi connectivity index (χ1v) is 6.85. The molecule has 2 aromatic carbocycles. The summed E-state index contributed by atoms with van der Waals surface area (Å²) in [6, 6.07) is 15.8. The van der Waals surface area contributed by atoms with E-state index >= 15 is 0 Å². The molecule has 1 heterocycles. The molecule has 3 heteroatoms. The lowest BCUT2D eigenvalue weighted by Crippen LogP contribution is -2.34. The maximum absolute atomic E-state index is 6.62. The molecule has 0 saturated carbocycles. The quantitative estimate of drug-likeness (QED) is 0.768. The van der Waals surface area contributed by atoms with Crippen LogP contribution in [0, 0.1) is 0 Å². The Morgan fingerprint density at radius 2 is 1.90 bits per heavy atom. The minimum atomic E-state index is -0.605. The lowest BCUT2D eigenvalue weighted by molar-refractivity contribution is 0.609. The Kier molecular flexibility index (Phi) is 3.20. The first-order valence-electron chi connectivity index (χ1n) is 6.47. The third-order valence-corrected chi connectivity index (χ3v) is 3.90. The summed E-state index contributed by atoms with van der Waals surface area (Å²) in [5.41, 5.74) is 8.07. The first-order chi connectivity index (χ1) is 9.59. The van der Waals surface area contributed by atoms with E-state index in [2.05, 4.69) is 11.1 Å². The van der Waals surface area contributed by atoms with E-state index in [4.69, 9.17) is 17.3 Å². The van der Waals surface area contributed by atoms with E-state index in [0.29, 0.717) is 5.02 Å². The predicted molar refractivity (Wildman–Crippen MR) is 83.8 cm³/mol. The highest BCUT2D eigenvalue weighted by Crippen LogP contribution is 2.32. The SMILES string of the molecule is CC(N)(c1cccc(Cl)c1)c1cccc2cnccc12. The van der Waals surface area contributed by atoms with E-state index < -0.39 is 5.54 Å². The van der Waals surface area contributed by atoms with Crippen molar-refractivity contribution in [1.29, 1.82) is 0 Å². The fraction of sp³-hybridized carbons (Fsp3) is 0.118. The molecule has 3 aromatic rings. The fourth-order valence-corrected chi connectivity index (χ4v) is 2.73. The summed E-state index contributed by atoms with van der Waals surface area (Å²) >= 11 is 6.09. The van der Waals surface area contributed by atoms with Crippen LogP contribution in [0.3, 0.4) is 0 Å². The number of nitrogens with zero attached hydrogens (tertiary/aromatic N) is 1. The molecule has 0 radical (unpaired) electrons. The number of pyridine rings is 1. The van der Waals surface area contributed by atoms with Crippen molar-refractivity contribution in [2.75, 3.05) is 0 Å². The van der Waals surface area contributed by atoms with Crippen molar-refractivity contribution >= 4 is 22.4 Å². The molecule has 1 atom stereocenters. The molecule has 100 valence electrons. The van der Waals surface area contributed by atoms with Crippen LogP contribution in [0.2, 0.25) is 5.02 Å². The van der Waals surface area contributed by atoms with Gasteiger partial charge in [-0.05, 0) is 41.6 Å². The zero-order chi connectivity index (χ0) is 14.2. The van der Waals surface area contributed by atoms with Gasteiger partial charge >= 0.3 is 0 Å². The maximum Gasteiger partial charge on any atom is 0.0643 e. The van der Waals surface area contributed by atoms with Crippen LogP contribution < -0.4 is 5.73 Å². The van der Waals surface area contributed by atoms with E-state index in [0.717, 1.165) is 21.9 Å². The van der Waals surface area contributed by atoms with Crippen LogP contribution in [0.5, 0.6) is 0 Å². The number of halogens is 1. The van der Waals surface area contributed by atoms with Gasteiger partial charge in [-0.2, -0.15) is 0 Å². The first kappa shape index (κ1) is 13.1. The second kappa shape index (κ2) is 4.89. The van der Waals surface area contributed by atoms with Gasteiger partial charge in [-0.3, -0.25) is 4.98 Å². The van der Waals surface area contributed by atoms with E-state index in [1.807, 2.05) is 55.6 Å². The van der Waals surface area contributed by atoms with Crippen LogP contribution >= 0.6 is 11.6 Å². The molecular weight excluding hydrogens is 268 g/mol. The molecule has 0 amide bonds. The Hall–Kier alpha value is -1.90. The number of benzene rings is 2. The average molecular weight is 283 g/mol. The molecule has 2 N–H and O–H groups in total. The molecule has 0 aliphatic rings. The van der Waals surface area contributed by atoms with Gasteiger partial charge in [-0.1, -0.05) is 41.9 Å². The number of aromatic nitrogens is 1. The minimum Gasteiger partial charge on any atom is -0.318 e. The summed E-state index contributed by atoms with van der Waals surface area (Å²) in [6.45, 7) is 2.01. The Balaban J connectivity index is 2.23. The number of fused-ring (bicyclic) bond motifs is 1. The smallest absolute Gasteiger partial charge is 0.0643 e. The van der Waals surface area contributed by atoms with Gasteiger partial charge < -0.3 is 5.73 Å². The molecule has 0 spiro atoms. The van der Waals surface area contributed by atoms with Crippen LogP contribution in [0.25, 0.3) is 10.8 Å². The van der Waals surface area contributed by atoms with Crippen molar-refractivity contribution in [3.05, 3.63) is 77.1 Å². The van der Waals surface area contributed by atoms with Gasteiger partial charge in [-0.25, -0.2) is 0 Å². The van der Waals surface area contributed by atoms with E-state index in [1.165, 1.54) is 0 Å². The highest BCUT2D eigenvalue weighted by atomic mass is 35.5. The van der Waals surface area contributed by atoms with Crippen molar-refractivity contribution in [2.24, 2.45) is 5.73 Å². The number of hydrogen-bond acceptors (Lipinski definition) is 2. The van der Waals surface area contributed by atoms with E-state index in [9.17, 15) is 0 Å². The van der Waals surface area contributed by atoms with Crippen LogP contribution in [0.15, 0.2) is 60.9 Å². The summed E-state index contributed by atoms with van der Waals surface area (Å²) in [5.74, 6) is 0. The molecule has 20 heavy (non-hydrogen) atoms. The molecule has 0 saturated heterocycles. The summed E-state index contributed by atoms with van der Waals surface area (Å²) in [6.07, 6.45) is 3.65. The van der Waals surface area contributed by atoms with Gasteiger partial charge in [0.15, 0.2) is 0 Å². The molecule has 0 fully saturated rings. The minimum absolute atomic E-state index is 0.605. The standard InChI is InChI=1S/C17H15ClN2/c1-17(19,13-5-3-6-14(18)10-13)16-7-2-4-12-11-20-9-8-15(12)16/h2-11H,19H2,1H3. The normalized spacial score (nSPS) is 14.2. The summed E-state index contributed by atoms with van der Waals surface area (Å²) in [7, 11) is 0. The molecule has 0 bridgehead atoms. The average Bonchev–Trinajstić information content (AvgIpc) is 2.46. The van der Waals surface area contributed by atoms with Gasteiger partial charge in [0, 0.05) is 22.8 Å². The van der Waals surface area contributed by atoms with Gasteiger partial charge in [0.05, 0.1) is 5.54 Å². The third kappa shape index (κ3) is 2.17. The fourth-order valence-electron chi connectivity index (χ4n) is 2.54. The molecule has 3 rings (SSSR count). The van der Waals surface area contributed by atoms with E-state index in [-0.39, 0.29) is 0 Å². The lowest BCUT2D eigenvalue weighted by Gasteiger charge is -2.27. The van der Waals surface area contributed by atoms with Crippen molar-refractivity contribution in [3.63, 3.8) is 0 Å². The second-order valence-corrected chi connectivity index (χ2v) is 5.55. The summed E-state index contributed by atoms with van der Waals surface area (Å²) in [4.78, 5) is 4.16. The van der Waals surface area contributed by atoms with Crippen molar-refractivity contribution in [2.45, 2.75) is 12.5 Å². The number of nitrogens with two attached hydrogens (primary N) is 1. The van der Waals surface area contributed by atoms with E-state index in [1.54, 1.807) is 6.20 Å². The topological polar surface area (TPSA) is 38.9 Å². The largest absolute Gasteiger partial charge is 0.318 e. The number of hydrogen-bond donors (Lipinski definition) is 1. The molecule has 1 aromatic heterocycles. The Labute approximate surface area is 123 Å². The molecule has 0 aliphatic carbocycles. The molecular formula is C17H15ClN2. The highest BCUT2D eigenvalue weighted by molar-refractivity contribution is 6.30. The van der Waals surface area contributed by atoms with Crippen LogP contribution in [0.4, 0.5) is 0 Å². The summed E-state index contributed by atoms with van der Waals surface area (Å²) < 4.78 is 0. The number of rotatable bonds is 2. The zero-order valence-corrected chi connectivity index (χ0v) is 11.9. The lowest BCUT2D eigenvalue weighted by atomic mass is 9.83. The molecule has 0 aliphatic heterocycles. The van der Waals surface area contributed by atoms with Gasteiger partial charge in [0.25, 0.3) is 0 Å². The maximum atomic E-state index is 6.62. The Bertz CT molecular complexity index is 760. The molecule has 2 nitrogen and oxygen atoms in total. The predicted octanol–water partition coefficient (Wildman–Crippen LogP) is 4.11. The second-order valence-electron chi connectivity index (χ2n) is 5.12. The van der Waals surface area contributed by atoms with Gasteiger partial charge in [0.2, 0.25) is 0 Å². The Morgan fingerprint density at radius 1 is 1.10 bits per heavy atom. The third-order valence-electron chi connectivity index (χ3n) is 3.66. The van der Waals surface area contributed by atoms with Crippen LogP contribution in [-0.2, 0) is 5.54 Å². The van der Waals surface area contributed by atoms with Crippen LogP contribution in [0.1, 0.15) is 18.1 Å². The van der Waals surface area contributed by atoms with Gasteiger partial charge in [-0.15, -0.1) is 0 Å². The van der Waals surface area contributed by atoms with Crippen molar-refractivity contribution < 1.29 is 0 Å². The molecule has 1 unspecified atom stereocenters. The van der Waals surface area contributed by atoms with Gasteiger partial charge in [0.1, 0.15) is 0 Å². The monoisotopic (exact) mass is 282 g/mol. The zero-order valence-electron chi connectivity index (χ0n) is 11.2. The summed E-state index contributed by atoms with van der Waals surface area (Å²) in [5, 5.41) is 2.90. The highest BCUT2D eigenvalue weighted by Gasteiger charge is 2.25. The van der Waals surface area contributed by atoms with Crippen molar-refractivity contribution in [1.82, 2.24) is 4.98 Å². The Morgan fingerprint density at radius 3 is 2.70 bits per heavy atom.